The highest BCUT2D eigenvalue weighted by Gasteiger charge is 2.16. The van der Waals surface area contributed by atoms with Gasteiger partial charge in [-0.2, -0.15) is 0 Å². The number of nitrogens with one attached hydrogen (secondary N) is 1. The van der Waals surface area contributed by atoms with Gasteiger partial charge in [0.1, 0.15) is 11.8 Å². The van der Waals surface area contributed by atoms with Crippen molar-refractivity contribution in [3.05, 3.63) is 36.2 Å². The van der Waals surface area contributed by atoms with E-state index < -0.39 is 6.04 Å². The topological polar surface area (TPSA) is 95.1 Å². The maximum absolute atomic E-state index is 12.2. The van der Waals surface area contributed by atoms with Crippen LogP contribution in [0.3, 0.4) is 0 Å². The van der Waals surface area contributed by atoms with Crippen LogP contribution in [0.1, 0.15) is 25.6 Å². The zero-order valence-corrected chi connectivity index (χ0v) is 12.1. The van der Waals surface area contributed by atoms with Crippen LogP contribution in [0, 0.1) is 0 Å². The Balaban J connectivity index is 1.99. The maximum Gasteiger partial charge on any atom is 0.249 e. The lowest BCUT2D eigenvalue weighted by molar-refractivity contribution is -0.119. The molecule has 0 radical (unpaired) electrons. The van der Waals surface area contributed by atoms with Crippen LogP contribution in [-0.2, 0) is 11.3 Å². The van der Waals surface area contributed by atoms with Crippen molar-refractivity contribution < 1.29 is 9.53 Å². The molecule has 0 saturated carbocycles. The average molecular weight is 289 g/mol. The summed E-state index contributed by atoms with van der Waals surface area (Å²) < 4.78 is 6.84. The Hall–Kier alpha value is -2.41. The van der Waals surface area contributed by atoms with E-state index in [9.17, 15) is 4.79 Å². The molecule has 0 saturated heterocycles. The fraction of sp³-hybridized carbons (Fsp3) is 0.357. The second-order valence-corrected chi connectivity index (χ2v) is 4.52. The summed E-state index contributed by atoms with van der Waals surface area (Å²) in [6.07, 6.45) is 1.67. The van der Waals surface area contributed by atoms with Gasteiger partial charge in [0.25, 0.3) is 0 Å². The molecule has 1 aromatic heterocycles. The minimum atomic E-state index is -0.468. The summed E-state index contributed by atoms with van der Waals surface area (Å²) in [5, 5.41) is 10.6. The molecule has 1 unspecified atom stereocenters. The zero-order chi connectivity index (χ0) is 15.2. The van der Waals surface area contributed by atoms with Crippen LogP contribution in [0.2, 0.25) is 0 Å². The predicted molar refractivity (Wildman–Crippen MR) is 78.9 cm³/mol. The van der Waals surface area contributed by atoms with E-state index in [0.29, 0.717) is 24.5 Å². The van der Waals surface area contributed by atoms with E-state index in [-0.39, 0.29) is 5.91 Å². The molecule has 112 valence electrons. The number of ether oxygens (including phenoxy) is 1. The lowest BCUT2D eigenvalue weighted by Crippen LogP contribution is -2.24. The minimum Gasteiger partial charge on any atom is -0.494 e. The number of nitrogens with zero attached hydrogens (tertiary/aromatic N) is 3. The second kappa shape index (κ2) is 6.85. The highest BCUT2D eigenvalue weighted by atomic mass is 16.5. The average Bonchev–Trinajstić information content (AvgIpc) is 2.97. The van der Waals surface area contributed by atoms with Gasteiger partial charge >= 0.3 is 0 Å². The Labute approximate surface area is 123 Å². The van der Waals surface area contributed by atoms with Crippen molar-refractivity contribution in [3.8, 4) is 5.75 Å². The Morgan fingerprint density at radius 2 is 2.14 bits per heavy atom. The van der Waals surface area contributed by atoms with Crippen LogP contribution in [-0.4, -0.2) is 27.5 Å². The van der Waals surface area contributed by atoms with Crippen LogP contribution < -0.4 is 15.8 Å². The van der Waals surface area contributed by atoms with Crippen LogP contribution >= 0.6 is 0 Å². The van der Waals surface area contributed by atoms with Crippen molar-refractivity contribution >= 4 is 11.6 Å². The van der Waals surface area contributed by atoms with E-state index in [2.05, 4.69) is 15.6 Å². The van der Waals surface area contributed by atoms with Gasteiger partial charge in [0.15, 0.2) is 0 Å². The fourth-order valence-corrected chi connectivity index (χ4v) is 1.76. The Kier molecular flexibility index (Phi) is 4.89. The molecule has 3 N–H and O–H groups in total. The molecule has 0 fully saturated rings. The first-order valence-electron chi connectivity index (χ1n) is 6.78. The molecule has 1 heterocycles. The van der Waals surface area contributed by atoms with E-state index in [0.717, 1.165) is 5.75 Å². The van der Waals surface area contributed by atoms with E-state index in [1.807, 2.05) is 19.1 Å². The highest BCUT2D eigenvalue weighted by molar-refractivity contribution is 5.93. The van der Waals surface area contributed by atoms with Crippen molar-refractivity contribution in [2.45, 2.75) is 26.4 Å². The molecule has 2 rings (SSSR count). The van der Waals surface area contributed by atoms with Gasteiger partial charge in [-0.25, -0.2) is 4.68 Å². The van der Waals surface area contributed by atoms with Crippen molar-refractivity contribution in [1.29, 1.82) is 0 Å². The molecule has 2 aromatic rings. The number of hydrogen-bond acceptors (Lipinski definition) is 5. The summed E-state index contributed by atoms with van der Waals surface area (Å²) in [7, 11) is 0. The van der Waals surface area contributed by atoms with Crippen LogP contribution in [0.5, 0.6) is 5.75 Å². The summed E-state index contributed by atoms with van der Waals surface area (Å²) in [4.78, 5) is 12.2. The predicted octanol–water partition coefficient (Wildman–Crippen LogP) is 1.34. The van der Waals surface area contributed by atoms with Gasteiger partial charge in [-0.1, -0.05) is 5.21 Å². The van der Waals surface area contributed by atoms with Crippen LogP contribution in [0.25, 0.3) is 0 Å². The molecule has 0 aliphatic rings. The van der Waals surface area contributed by atoms with Gasteiger partial charge in [-0.15, -0.1) is 5.10 Å². The van der Waals surface area contributed by atoms with Crippen LogP contribution in [0.4, 0.5) is 5.69 Å². The van der Waals surface area contributed by atoms with E-state index >= 15 is 0 Å². The van der Waals surface area contributed by atoms with Gasteiger partial charge in [0, 0.05) is 12.2 Å². The molecule has 21 heavy (non-hydrogen) atoms. The summed E-state index contributed by atoms with van der Waals surface area (Å²) in [5.41, 5.74) is 6.83. The Morgan fingerprint density at radius 3 is 2.71 bits per heavy atom. The smallest absolute Gasteiger partial charge is 0.249 e. The largest absolute Gasteiger partial charge is 0.494 e. The van der Waals surface area contributed by atoms with Crippen molar-refractivity contribution in [2.75, 3.05) is 11.9 Å². The van der Waals surface area contributed by atoms with Gasteiger partial charge < -0.3 is 15.8 Å². The third-order valence-electron chi connectivity index (χ3n) is 2.98. The van der Waals surface area contributed by atoms with Crippen molar-refractivity contribution in [2.24, 2.45) is 5.73 Å². The molecule has 0 spiro atoms. The lowest BCUT2D eigenvalue weighted by atomic mass is 10.2. The van der Waals surface area contributed by atoms with Gasteiger partial charge in [-0.3, -0.25) is 4.79 Å². The number of carbonyl (C=O) groups is 1. The molecule has 0 bridgehead atoms. The standard InChI is InChI=1S/C14H19N5O2/c1-3-21-13-6-4-11(5-7-13)16-14(20)10(2)19-9-12(8-15)17-18-19/h4-7,9-10H,3,8,15H2,1-2H3,(H,16,20). The van der Waals surface area contributed by atoms with E-state index in [4.69, 9.17) is 10.5 Å². The first kappa shape index (κ1) is 15.0. The molecule has 1 amide bonds. The summed E-state index contributed by atoms with van der Waals surface area (Å²) in [6, 6.07) is 6.74. The van der Waals surface area contributed by atoms with Crippen molar-refractivity contribution in [3.63, 3.8) is 0 Å². The molecule has 0 aliphatic heterocycles. The number of anilines is 1. The van der Waals surface area contributed by atoms with Crippen LogP contribution in [0.15, 0.2) is 30.5 Å². The number of nitrogens with two attached hydrogens (primary N) is 1. The number of aromatic nitrogens is 3. The van der Waals surface area contributed by atoms with E-state index in [1.54, 1.807) is 25.3 Å². The summed E-state index contributed by atoms with van der Waals surface area (Å²) >= 11 is 0. The second-order valence-electron chi connectivity index (χ2n) is 4.52. The number of rotatable bonds is 6. The molecule has 7 heteroatoms. The number of amides is 1. The molecule has 0 aliphatic carbocycles. The number of carbonyl (C=O) groups excluding carboxylic acids is 1. The van der Waals surface area contributed by atoms with Gasteiger partial charge in [0.2, 0.25) is 5.91 Å². The first-order valence-corrected chi connectivity index (χ1v) is 6.78. The quantitative estimate of drug-likeness (QED) is 0.836. The number of benzene rings is 1. The minimum absolute atomic E-state index is 0.173. The van der Waals surface area contributed by atoms with E-state index in [1.165, 1.54) is 4.68 Å². The lowest BCUT2D eigenvalue weighted by Gasteiger charge is -2.12. The Bertz CT molecular complexity index is 594. The fourth-order valence-electron chi connectivity index (χ4n) is 1.76. The Morgan fingerprint density at radius 1 is 1.43 bits per heavy atom. The van der Waals surface area contributed by atoms with Gasteiger partial charge in [0.05, 0.1) is 18.5 Å². The van der Waals surface area contributed by atoms with Gasteiger partial charge in [-0.05, 0) is 38.1 Å². The maximum atomic E-state index is 12.2. The zero-order valence-electron chi connectivity index (χ0n) is 12.1. The third kappa shape index (κ3) is 3.79. The van der Waals surface area contributed by atoms with Crippen molar-refractivity contribution in [1.82, 2.24) is 15.0 Å². The first-order chi connectivity index (χ1) is 10.1. The molecule has 1 aromatic carbocycles. The summed E-state index contributed by atoms with van der Waals surface area (Å²) in [5.74, 6) is 0.597. The third-order valence-corrected chi connectivity index (χ3v) is 2.98. The molecular weight excluding hydrogens is 270 g/mol. The highest BCUT2D eigenvalue weighted by Crippen LogP contribution is 2.17. The monoisotopic (exact) mass is 289 g/mol. The SMILES string of the molecule is CCOc1ccc(NC(=O)C(C)n2cc(CN)nn2)cc1. The number of hydrogen-bond donors (Lipinski definition) is 2. The molecular formula is C14H19N5O2. The summed E-state index contributed by atoms with van der Waals surface area (Å²) in [6.45, 7) is 4.58. The molecule has 1 atom stereocenters. The normalized spacial score (nSPS) is 12.0. The molecule has 7 nitrogen and oxygen atoms in total.